The molecule has 5 aromatic rings. The molecule has 2 N–H and O–H groups in total. The molecule has 4 aromatic carbocycles. The summed E-state index contributed by atoms with van der Waals surface area (Å²) in [6.45, 7) is 0.138. The molecule has 0 bridgehead atoms. The Bertz CT molecular complexity index is 1590. The van der Waals surface area contributed by atoms with Crippen molar-refractivity contribution in [2.45, 2.75) is 6.61 Å². The molecule has 6 nitrogen and oxygen atoms in total. The molecule has 39 heavy (non-hydrogen) atoms. The van der Waals surface area contributed by atoms with Crippen molar-refractivity contribution in [1.29, 1.82) is 0 Å². The Morgan fingerprint density at radius 2 is 1.72 bits per heavy atom. The number of hydrogen-bond donors (Lipinski definition) is 2. The van der Waals surface area contributed by atoms with Crippen LogP contribution in [0, 0.1) is 5.82 Å². The molecule has 9 heteroatoms. The van der Waals surface area contributed by atoms with Crippen LogP contribution in [-0.2, 0) is 6.61 Å². The maximum Gasteiger partial charge on any atom is 0.271 e. The molecule has 194 valence electrons. The average molecular weight is 557 g/mol. The van der Waals surface area contributed by atoms with Gasteiger partial charge in [0.15, 0.2) is 5.13 Å². The molecule has 0 saturated heterocycles. The van der Waals surface area contributed by atoms with Crippen LogP contribution in [0.3, 0.4) is 0 Å². The number of carbonyl (C=O) groups is 1. The van der Waals surface area contributed by atoms with Crippen LogP contribution in [0.15, 0.2) is 108 Å². The molecule has 0 aliphatic rings. The summed E-state index contributed by atoms with van der Waals surface area (Å²) < 4.78 is 19.4. The highest BCUT2D eigenvalue weighted by Gasteiger charge is 2.08. The highest BCUT2D eigenvalue weighted by atomic mass is 35.5. The predicted octanol–water partition coefficient (Wildman–Crippen LogP) is 7.69. The summed E-state index contributed by atoms with van der Waals surface area (Å²) in [4.78, 5) is 17.1. The molecule has 0 saturated carbocycles. The predicted molar refractivity (Wildman–Crippen MR) is 155 cm³/mol. The molecule has 5 rings (SSSR count). The number of hydrogen-bond acceptors (Lipinski definition) is 6. The minimum absolute atomic E-state index is 0.138. The lowest BCUT2D eigenvalue weighted by molar-refractivity contribution is 0.0955. The van der Waals surface area contributed by atoms with Gasteiger partial charge in [-0.1, -0.05) is 41.9 Å². The molecule has 1 amide bonds. The number of nitrogens with zero attached hydrogens (tertiary/aromatic N) is 2. The van der Waals surface area contributed by atoms with Crippen LogP contribution in [0.5, 0.6) is 5.75 Å². The summed E-state index contributed by atoms with van der Waals surface area (Å²) in [5.74, 6) is -0.0232. The van der Waals surface area contributed by atoms with Crippen molar-refractivity contribution in [2.24, 2.45) is 5.10 Å². The summed E-state index contributed by atoms with van der Waals surface area (Å²) in [5.41, 5.74) is 6.87. The first-order valence-electron chi connectivity index (χ1n) is 11.9. The first-order valence-corrected chi connectivity index (χ1v) is 13.2. The van der Waals surface area contributed by atoms with E-state index < -0.39 is 0 Å². The molecule has 0 aliphatic carbocycles. The van der Waals surface area contributed by atoms with Crippen LogP contribution in [0.1, 0.15) is 21.5 Å². The Labute approximate surface area is 233 Å². The van der Waals surface area contributed by atoms with E-state index in [0.717, 1.165) is 27.6 Å². The van der Waals surface area contributed by atoms with Gasteiger partial charge in [-0.25, -0.2) is 14.8 Å². The molecule has 0 atom stereocenters. The second-order valence-electron chi connectivity index (χ2n) is 8.40. The maximum absolute atomic E-state index is 13.7. The van der Waals surface area contributed by atoms with Gasteiger partial charge in [0.1, 0.15) is 18.2 Å². The van der Waals surface area contributed by atoms with Crippen LogP contribution in [0.2, 0.25) is 5.02 Å². The Kier molecular flexibility index (Phi) is 8.26. The normalized spacial score (nSPS) is 10.9. The van der Waals surface area contributed by atoms with Gasteiger partial charge in [0.05, 0.1) is 11.9 Å². The Balaban J connectivity index is 1.12. The zero-order valence-corrected chi connectivity index (χ0v) is 22.0. The van der Waals surface area contributed by atoms with E-state index in [-0.39, 0.29) is 18.3 Å². The summed E-state index contributed by atoms with van der Waals surface area (Å²) >= 11 is 7.42. The zero-order valence-electron chi connectivity index (χ0n) is 20.5. The van der Waals surface area contributed by atoms with Crippen molar-refractivity contribution in [2.75, 3.05) is 5.32 Å². The molecular weight excluding hydrogens is 535 g/mol. The molecule has 1 aromatic heterocycles. The van der Waals surface area contributed by atoms with Crippen LogP contribution < -0.4 is 15.5 Å². The number of aromatic nitrogens is 1. The lowest BCUT2D eigenvalue weighted by atomic mass is 10.1. The Hall–Kier alpha value is -4.53. The first kappa shape index (κ1) is 26.1. The first-order chi connectivity index (χ1) is 19.0. The smallest absolute Gasteiger partial charge is 0.271 e. The van der Waals surface area contributed by atoms with E-state index in [1.807, 2.05) is 41.8 Å². The summed E-state index contributed by atoms with van der Waals surface area (Å²) in [7, 11) is 0. The van der Waals surface area contributed by atoms with E-state index in [1.165, 1.54) is 23.6 Å². The van der Waals surface area contributed by atoms with Crippen molar-refractivity contribution < 1.29 is 13.9 Å². The molecule has 0 fully saturated rings. The monoisotopic (exact) mass is 556 g/mol. The van der Waals surface area contributed by atoms with Gasteiger partial charge in [-0.15, -0.1) is 11.3 Å². The fourth-order valence-corrected chi connectivity index (χ4v) is 4.44. The molecular formula is C30H22ClFN4O2S. The third-order valence-corrected chi connectivity index (χ3v) is 6.66. The van der Waals surface area contributed by atoms with E-state index in [1.54, 1.807) is 54.6 Å². The van der Waals surface area contributed by atoms with Gasteiger partial charge >= 0.3 is 0 Å². The number of nitrogens with one attached hydrogen (secondary N) is 2. The molecule has 0 spiro atoms. The van der Waals surface area contributed by atoms with Gasteiger partial charge < -0.3 is 10.1 Å². The van der Waals surface area contributed by atoms with E-state index in [0.29, 0.717) is 21.9 Å². The van der Waals surface area contributed by atoms with Crippen molar-refractivity contribution in [3.05, 3.63) is 130 Å². The highest BCUT2D eigenvalue weighted by molar-refractivity contribution is 7.14. The lowest BCUT2D eigenvalue weighted by Crippen LogP contribution is -2.17. The number of amides is 1. The largest absolute Gasteiger partial charge is 0.489 e. The van der Waals surface area contributed by atoms with Crippen LogP contribution >= 0.6 is 22.9 Å². The Morgan fingerprint density at radius 3 is 2.46 bits per heavy atom. The topological polar surface area (TPSA) is 75.6 Å². The van der Waals surface area contributed by atoms with Gasteiger partial charge in [0.25, 0.3) is 5.91 Å². The summed E-state index contributed by atoms with van der Waals surface area (Å²) in [5, 5.41) is 10.7. The van der Waals surface area contributed by atoms with Crippen molar-refractivity contribution in [3.8, 4) is 17.0 Å². The van der Waals surface area contributed by atoms with E-state index in [2.05, 4.69) is 20.8 Å². The average Bonchev–Trinajstić information content (AvgIpc) is 3.43. The third kappa shape index (κ3) is 7.07. The number of benzene rings is 4. The fraction of sp³-hybridized carbons (Fsp3) is 0.0333. The van der Waals surface area contributed by atoms with Crippen LogP contribution in [0.4, 0.5) is 15.2 Å². The quantitative estimate of drug-likeness (QED) is 0.144. The van der Waals surface area contributed by atoms with Crippen molar-refractivity contribution in [3.63, 3.8) is 0 Å². The fourth-order valence-electron chi connectivity index (χ4n) is 3.57. The highest BCUT2D eigenvalue weighted by Crippen LogP contribution is 2.28. The van der Waals surface area contributed by atoms with Gasteiger partial charge in [-0.05, 0) is 72.3 Å². The van der Waals surface area contributed by atoms with Crippen LogP contribution in [-0.4, -0.2) is 17.1 Å². The Morgan fingerprint density at radius 1 is 0.974 bits per heavy atom. The second kappa shape index (κ2) is 12.3. The van der Waals surface area contributed by atoms with E-state index >= 15 is 0 Å². The van der Waals surface area contributed by atoms with Crippen LogP contribution in [0.25, 0.3) is 11.3 Å². The number of thiazole rings is 1. The molecule has 1 heterocycles. The van der Waals surface area contributed by atoms with E-state index in [4.69, 9.17) is 16.3 Å². The third-order valence-electron chi connectivity index (χ3n) is 5.65. The minimum Gasteiger partial charge on any atom is -0.489 e. The summed E-state index contributed by atoms with van der Waals surface area (Å²) in [6.07, 6.45) is 1.54. The van der Waals surface area contributed by atoms with Gasteiger partial charge in [0, 0.05) is 32.8 Å². The molecule has 0 aliphatic heterocycles. The number of hydrazone groups is 1. The number of halogens is 2. The van der Waals surface area contributed by atoms with Gasteiger partial charge in [-0.2, -0.15) is 5.10 Å². The maximum atomic E-state index is 13.7. The molecule has 0 radical (unpaired) electrons. The second-order valence-corrected chi connectivity index (χ2v) is 9.69. The minimum atomic E-state index is -0.328. The number of carbonyl (C=O) groups excluding carboxylic acids is 1. The molecule has 0 unspecified atom stereocenters. The lowest BCUT2D eigenvalue weighted by Gasteiger charge is -2.07. The number of anilines is 2. The van der Waals surface area contributed by atoms with Crippen molar-refractivity contribution in [1.82, 2.24) is 10.4 Å². The summed E-state index contributed by atoms with van der Waals surface area (Å²) in [6, 6.07) is 28.2. The number of rotatable bonds is 9. The van der Waals surface area contributed by atoms with Crippen molar-refractivity contribution >= 4 is 45.9 Å². The van der Waals surface area contributed by atoms with Gasteiger partial charge in [0.2, 0.25) is 0 Å². The number of ether oxygens (including phenoxy) is 1. The SMILES string of the molecule is O=C(N/N=C\c1ccc(OCc2ccccc2F)cc1)c1ccc(-c2csc(Nc3ccc(Cl)cc3)n2)cc1. The van der Waals surface area contributed by atoms with Gasteiger partial charge in [-0.3, -0.25) is 4.79 Å². The van der Waals surface area contributed by atoms with E-state index in [9.17, 15) is 9.18 Å². The zero-order chi connectivity index (χ0) is 27.0. The standard InChI is InChI=1S/C30H22ClFN4O2S/c31-24-11-13-25(14-12-24)34-30-35-28(19-39-30)21-7-9-22(10-8-21)29(37)36-33-17-20-5-15-26(16-6-20)38-18-23-3-1-2-4-27(23)32/h1-17,19H,18H2,(H,34,35)(H,36,37)/b33-17-.